The summed E-state index contributed by atoms with van der Waals surface area (Å²) in [5.41, 5.74) is 2.87. The Morgan fingerprint density at radius 2 is 1.77 bits per heavy atom. The van der Waals surface area contributed by atoms with Gasteiger partial charge in [0.15, 0.2) is 5.82 Å². The van der Waals surface area contributed by atoms with E-state index in [4.69, 9.17) is 0 Å². The zero-order chi connectivity index (χ0) is 17.7. The van der Waals surface area contributed by atoms with Crippen LogP contribution in [0.5, 0.6) is 0 Å². The number of thiazole rings is 1. The maximum Gasteiger partial charge on any atom is 0.281 e. The highest BCUT2D eigenvalue weighted by Crippen LogP contribution is 2.35. The minimum absolute atomic E-state index is 0.183. The lowest BCUT2D eigenvalue weighted by Gasteiger charge is -2.08. The number of para-hydroxylation sites is 1. The molecule has 0 spiro atoms. The lowest BCUT2D eigenvalue weighted by Crippen LogP contribution is -2.15. The highest BCUT2D eigenvalue weighted by Gasteiger charge is 2.28. The van der Waals surface area contributed by atoms with Crippen LogP contribution in [-0.4, -0.2) is 19.6 Å². The van der Waals surface area contributed by atoms with Crippen molar-refractivity contribution in [3.05, 3.63) is 86.9 Å². The van der Waals surface area contributed by atoms with Crippen molar-refractivity contribution in [1.82, 2.24) is 14.5 Å². The molecule has 0 radical (unpaired) electrons. The highest BCUT2D eigenvalue weighted by atomic mass is 32.1. The van der Waals surface area contributed by atoms with E-state index in [0.29, 0.717) is 28.3 Å². The van der Waals surface area contributed by atoms with E-state index >= 15 is 0 Å². The average molecular weight is 359 g/mol. The molecule has 0 unspecified atom stereocenters. The molecule has 1 aliphatic heterocycles. The summed E-state index contributed by atoms with van der Waals surface area (Å²) in [4.78, 5) is 21.3. The van der Waals surface area contributed by atoms with Gasteiger partial charge in [0.1, 0.15) is 10.8 Å². The molecule has 2 aromatic heterocycles. The predicted octanol–water partition coefficient (Wildman–Crippen LogP) is 3.85. The molecular weight excluding hydrogens is 346 g/mol. The van der Waals surface area contributed by atoms with Gasteiger partial charge in [0.05, 0.1) is 28.7 Å². The largest absolute Gasteiger partial charge is 0.510 e. The SMILES string of the molecule is O=c1nc2n(c3ccccc13)CC(O)=C2c1nc(-c2ccccc2)cs1. The number of aliphatic hydroxyl groups excluding tert-OH is 1. The van der Waals surface area contributed by atoms with E-state index in [9.17, 15) is 9.90 Å². The van der Waals surface area contributed by atoms with Crippen LogP contribution in [0.4, 0.5) is 0 Å². The second kappa shape index (κ2) is 5.64. The fourth-order valence-electron chi connectivity index (χ4n) is 3.28. The summed E-state index contributed by atoms with van der Waals surface area (Å²) >= 11 is 1.44. The Hall–Kier alpha value is -3.25. The summed E-state index contributed by atoms with van der Waals surface area (Å²) in [5.74, 6) is 0.655. The van der Waals surface area contributed by atoms with Crippen molar-refractivity contribution in [2.24, 2.45) is 0 Å². The molecule has 0 atom stereocenters. The monoisotopic (exact) mass is 359 g/mol. The van der Waals surface area contributed by atoms with Crippen molar-refractivity contribution >= 4 is 27.8 Å². The molecule has 1 aliphatic rings. The second-order valence-electron chi connectivity index (χ2n) is 6.07. The van der Waals surface area contributed by atoms with Gasteiger partial charge in [-0.3, -0.25) is 4.79 Å². The number of rotatable bonds is 2. The number of allylic oxidation sites excluding steroid dienone is 1. The van der Waals surface area contributed by atoms with Gasteiger partial charge in [-0.1, -0.05) is 42.5 Å². The first-order valence-corrected chi connectivity index (χ1v) is 9.04. The normalized spacial score (nSPS) is 13.4. The molecule has 2 aromatic carbocycles. The number of aromatic nitrogens is 3. The summed E-state index contributed by atoms with van der Waals surface area (Å²) < 4.78 is 1.87. The van der Waals surface area contributed by atoms with E-state index in [0.717, 1.165) is 16.8 Å². The van der Waals surface area contributed by atoms with Gasteiger partial charge < -0.3 is 9.67 Å². The average Bonchev–Trinajstić information content (AvgIpc) is 3.27. The topological polar surface area (TPSA) is 68.0 Å². The minimum Gasteiger partial charge on any atom is -0.510 e. The molecule has 1 N–H and O–H groups in total. The molecule has 0 bridgehead atoms. The Morgan fingerprint density at radius 1 is 1.00 bits per heavy atom. The predicted molar refractivity (Wildman–Crippen MR) is 102 cm³/mol. The summed E-state index contributed by atoms with van der Waals surface area (Å²) in [6.45, 7) is 0.290. The number of fused-ring (bicyclic) bond motifs is 3. The molecule has 26 heavy (non-hydrogen) atoms. The van der Waals surface area contributed by atoms with Gasteiger partial charge in [0, 0.05) is 10.9 Å². The van der Waals surface area contributed by atoms with E-state index in [1.54, 1.807) is 6.07 Å². The molecule has 0 aliphatic carbocycles. The number of hydrogen-bond acceptors (Lipinski definition) is 5. The standard InChI is InChI=1S/C20H13N3O2S/c24-16-10-23-15-9-5-4-8-13(15)19(25)22-18(23)17(16)20-21-14(11-26-20)12-6-2-1-3-7-12/h1-9,11,24H,10H2. The Kier molecular flexibility index (Phi) is 3.26. The van der Waals surface area contributed by atoms with Crippen molar-refractivity contribution in [2.75, 3.05) is 0 Å². The van der Waals surface area contributed by atoms with Gasteiger partial charge in [-0.05, 0) is 12.1 Å². The van der Waals surface area contributed by atoms with Crippen LogP contribution in [0.25, 0.3) is 27.7 Å². The van der Waals surface area contributed by atoms with E-state index < -0.39 is 0 Å². The van der Waals surface area contributed by atoms with Crippen molar-refractivity contribution in [3.63, 3.8) is 0 Å². The van der Waals surface area contributed by atoms with E-state index in [2.05, 4.69) is 9.97 Å². The Morgan fingerprint density at radius 3 is 2.62 bits per heavy atom. The van der Waals surface area contributed by atoms with Crippen LogP contribution >= 0.6 is 11.3 Å². The van der Waals surface area contributed by atoms with E-state index in [1.165, 1.54) is 11.3 Å². The van der Waals surface area contributed by atoms with Crippen LogP contribution in [-0.2, 0) is 6.54 Å². The van der Waals surface area contributed by atoms with E-state index in [1.807, 2.05) is 58.5 Å². The van der Waals surface area contributed by atoms with E-state index in [-0.39, 0.29) is 11.3 Å². The van der Waals surface area contributed by atoms with Crippen LogP contribution in [0.3, 0.4) is 0 Å². The van der Waals surface area contributed by atoms with Gasteiger partial charge in [-0.25, -0.2) is 4.98 Å². The summed E-state index contributed by atoms with van der Waals surface area (Å²) in [6.07, 6.45) is 0. The molecule has 6 heteroatoms. The lowest BCUT2D eigenvalue weighted by atomic mass is 10.2. The van der Waals surface area contributed by atoms with Crippen LogP contribution in [0.1, 0.15) is 10.8 Å². The number of benzene rings is 2. The molecule has 5 rings (SSSR count). The molecule has 5 nitrogen and oxygen atoms in total. The van der Waals surface area contributed by atoms with Crippen molar-refractivity contribution in [2.45, 2.75) is 6.54 Å². The van der Waals surface area contributed by atoms with Gasteiger partial charge in [0.2, 0.25) is 0 Å². The second-order valence-corrected chi connectivity index (χ2v) is 6.93. The molecule has 3 heterocycles. The third-order valence-electron chi connectivity index (χ3n) is 4.50. The molecule has 4 aromatic rings. The Labute approximate surface area is 152 Å². The Bertz CT molecular complexity index is 1240. The smallest absolute Gasteiger partial charge is 0.281 e. The lowest BCUT2D eigenvalue weighted by molar-refractivity contribution is 0.389. The zero-order valence-electron chi connectivity index (χ0n) is 13.6. The van der Waals surface area contributed by atoms with Crippen molar-refractivity contribution in [3.8, 4) is 11.3 Å². The third kappa shape index (κ3) is 2.19. The van der Waals surface area contributed by atoms with Crippen LogP contribution in [0.15, 0.2) is 70.5 Å². The molecule has 0 amide bonds. The number of hydrogen-bond donors (Lipinski definition) is 1. The molecule has 0 saturated carbocycles. The zero-order valence-corrected chi connectivity index (χ0v) is 14.4. The molecule has 0 fully saturated rings. The molecule has 0 saturated heterocycles. The minimum atomic E-state index is -0.293. The maximum atomic E-state index is 12.4. The maximum absolute atomic E-state index is 12.4. The van der Waals surface area contributed by atoms with Crippen LogP contribution in [0, 0.1) is 0 Å². The van der Waals surface area contributed by atoms with Crippen molar-refractivity contribution in [1.29, 1.82) is 0 Å². The number of aliphatic hydroxyl groups is 1. The first kappa shape index (κ1) is 15.0. The fourth-order valence-corrected chi connectivity index (χ4v) is 4.17. The quantitative estimate of drug-likeness (QED) is 0.590. The first-order valence-electron chi connectivity index (χ1n) is 8.16. The fraction of sp³-hybridized carbons (Fsp3) is 0.0500. The van der Waals surface area contributed by atoms with Crippen molar-refractivity contribution < 1.29 is 5.11 Å². The molecule has 126 valence electrons. The third-order valence-corrected chi connectivity index (χ3v) is 5.36. The Balaban J connectivity index is 1.68. The van der Waals surface area contributed by atoms with Gasteiger partial charge in [0.25, 0.3) is 5.56 Å². The molecular formula is C20H13N3O2S. The van der Waals surface area contributed by atoms with Gasteiger partial charge >= 0.3 is 0 Å². The first-order chi connectivity index (χ1) is 12.7. The summed E-state index contributed by atoms with van der Waals surface area (Å²) in [5, 5.41) is 13.7. The summed E-state index contributed by atoms with van der Waals surface area (Å²) in [6, 6.07) is 17.2. The van der Waals surface area contributed by atoms with Crippen LogP contribution < -0.4 is 5.56 Å². The highest BCUT2D eigenvalue weighted by molar-refractivity contribution is 7.11. The summed E-state index contributed by atoms with van der Waals surface area (Å²) in [7, 11) is 0. The van der Waals surface area contributed by atoms with Crippen LogP contribution in [0.2, 0.25) is 0 Å². The van der Waals surface area contributed by atoms with Gasteiger partial charge in [-0.15, -0.1) is 11.3 Å². The number of nitrogens with zero attached hydrogens (tertiary/aromatic N) is 3. The van der Waals surface area contributed by atoms with Gasteiger partial charge in [-0.2, -0.15) is 4.98 Å².